The molecular weight excluding hydrogens is 540 g/mol. The van der Waals surface area contributed by atoms with Crippen molar-refractivity contribution in [2.24, 2.45) is 5.92 Å². The second kappa shape index (κ2) is 25.8. The Hall–Kier alpha value is -2.46. The van der Waals surface area contributed by atoms with Gasteiger partial charge in [-0.2, -0.15) is 0 Å². The number of allylic oxidation sites excluding steroid dienone is 1. The highest BCUT2D eigenvalue weighted by molar-refractivity contribution is 5.37. The van der Waals surface area contributed by atoms with E-state index in [0.717, 1.165) is 43.4 Å². The Kier molecular flexibility index (Phi) is 24.4. The molecule has 0 amide bonds. The van der Waals surface area contributed by atoms with Gasteiger partial charge in [0.1, 0.15) is 11.5 Å². The van der Waals surface area contributed by atoms with Crippen LogP contribution < -0.4 is 9.47 Å². The normalized spacial score (nSPS) is 11.9. The van der Waals surface area contributed by atoms with E-state index in [9.17, 15) is 0 Å². The summed E-state index contributed by atoms with van der Waals surface area (Å²) in [6.45, 7) is 25.7. The molecule has 0 aliphatic carbocycles. The molecule has 252 valence electrons. The summed E-state index contributed by atoms with van der Waals surface area (Å²) < 4.78 is 11.2. The molecule has 2 atom stereocenters. The minimum Gasteiger partial charge on any atom is -0.496 e. The molecule has 44 heavy (non-hydrogen) atoms. The first-order valence-electron chi connectivity index (χ1n) is 17.6. The van der Waals surface area contributed by atoms with Crippen molar-refractivity contribution in [2.45, 2.75) is 119 Å². The lowest BCUT2D eigenvalue weighted by Crippen LogP contribution is -2.27. The molecule has 0 saturated carbocycles. The molecule has 0 fully saturated rings. The van der Waals surface area contributed by atoms with Gasteiger partial charge in [0.2, 0.25) is 0 Å². The van der Waals surface area contributed by atoms with Gasteiger partial charge in [-0.3, -0.25) is 0 Å². The van der Waals surface area contributed by atoms with Crippen molar-refractivity contribution in [2.75, 3.05) is 47.4 Å². The van der Waals surface area contributed by atoms with Crippen molar-refractivity contribution < 1.29 is 9.47 Å². The molecule has 0 N–H and O–H groups in total. The molecule has 0 bridgehead atoms. The number of benzene rings is 2. The third-order valence-corrected chi connectivity index (χ3v) is 8.16. The Balaban J connectivity index is 0.000000926. The lowest BCUT2D eigenvalue weighted by molar-refractivity contribution is 0.299. The van der Waals surface area contributed by atoms with Crippen LogP contribution >= 0.6 is 0 Å². The summed E-state index contributed by atoms with van der Waals surface area (Å²) in [6.07, 6.45) is 10.8. The number of hydrogen-bond donors (Lipinski definition) is 0. The lowest BCUT2D eigenvalue weighted by atomic mass is 9.85. The Morgan fingerprint density at radius 2 is 1.57 bits per heavy atom. The van der Waals surface area contributed by atoms with E-state index in [-0.39, 0.29) is 0 Å². The van der Waals surface area contributed by atoms with Gasteiger partial charge in [0.15, 0.2) is 0 Å². The summed E-state index contributed by atoms with van der Waals surface area (Å²) in [7, 11) is 6.02. The third-order valence-electron chi connectivity index (χ3n) is 8.16. The average molecular weight is 611 g/mol. The Morgan fingerprint density at radius 3 is 2.14 bits per heavy atom. The molecular formula is C40H70N2O2. The lowest BCUT2D eigenvalue weighted by Gasteiger charge is -2.26. The summed E-state index contributed by atoms with van der Waals surface area (Å²) >= 11 is 0. The number of nitrogens with zero attached hydrogens (tertiary/aromatic N) is 2. The van der Waals surface area contributed by atoms with Crippen molar-refractivity contribution in [3.8, 4) is 11.5 Å². The first-order valence-corrected chi connectivity index (χ1v) is 17.6. The van der Waals surface area contributed by atoms with Crippen molar-refractivity contribution in [3.05, 3.63) is 71.4 Å². The quantitative estimate of drug-likeness (QED) is 0.149. The smallest absolute Gasteiger partial charge is 0.122 e. The molecule has 2 aromatic rings. The van der Waals surface area contributed by atoms with Gasteiger partial charge in [-0.25, -0.2) is 0 Å². The summed E-state index contributed by atoms with van der Waals surface area (Å²) in [5.41, 5.74) is 5.32. The molecule has 2 unspecified atom stereocenters. The van der Waals surface area contributed by atoms with Gasteiger partial charge in [-0.05, 0) is 120 Å². The molecule has 0 aliphatic heterocycles. The van der Waals surface area contributed by atoms with E-state index in [2.05, 4.69) is 101 Å². The van der Waals surface area contributed by atoms with Crippen LogP contribution in [0.1, 0.15) is 122 Å². The van der Waals surface area contributed by atoms with Crippen LogP contribution in [0, 0.1) is 12.8 Å². The second-order valence-corrected chi connectivity index (χ2v) is 12.0. The highest BCUT2D eigenvalue weighted by Gasteiger charge is 2.15. The second-order valence-electron chi connectivity index (χ2n) is 12.0. The van der Waals surface area contributed by atoms with Crippen LogP contribution in [0.3, 0.4) is 0 Å². The zero-order valence-corrected chi connectivity index (χ0v) is 30.8. The monoisotopic (exact) mass is 611 g/mol. The maximum Gasteiger partial charge on any atom is 0.122 e. The van der Waals surface area contributed by atoms with Crippen LogP contribution in [0.15, 0.2) is 54.7 Å². The van der Waals surface area contributed by atoms with E-state index >= 15 is 0 Å². The topological polar surface area (TPSA) is 24.9 Å². The molecule has 0 radical (unpaired) electrons. The number of aryl methyl sites for hydroxylation is 2. The maximum atomic E-state index is 5.69. The van der Waals surface area contributed by atoms with Gasteiger partial charge in [0, 0.05) is 18.8 Å². The fraction of sp³-hybridized carbons (Fsp3) is 0.650. The number of para-hydroxylation sites is 1. The molecule has 4 heteroatoms. The van der Waals surface area contributed by atoms with Gasteiger partial charge in [0.25, 0.3) is 0 Å². The predicted molar refractivity (Wildman–Crippen MR) is 196 cm³/mol. The largest absolute Gasteiger partial charge is 0.496 e. The summed E-state index contributed by atoms with van der Waals surface area (Å²) in [4.78, 5) is 4.69. The van der Waals surface area contributed by atoms with Crippen LogP contribution in [0.4, 0.5) is 0 Å². The summed E-state index contributed by atoms with van der Waals surface area (Å²) in [6, 6.07) is 15.1. The van der Waals surface area contributed by atoms with Crippen molar-refractivity contribution in [1.29, 1.82) is 0 Å². The highest BCUT2D eigenvalue weighted by atomic mass is 16.5. The van der Waals surface area contributed by atoms with Crippen molar-refractivity contribution >= 4 is 0 Å². The SMILES string of the molecule is C=C(CC)N(CCCC)CCCN(C)C.CC.CCOc1ccc(C(CC)CC(C)CCCc2ccccc2OC)cc1C. The van der Waals surface area contributed by atoms with E-state index in [1.54, 1.807) is 7.11 Å². The summed E-state index contributed by atoms with van der Waals surface area (Å²) in [5.74, 6) is 3.37. The molecule has 0 aromatic heterocycles. The van der Waals surface area contributed by atoms with Crippen LogP contribution in [0.2, 0.25) is 0 Å². The number of hydrogen-bond acceptors (Lipinski definition) is 4. The zero-order valence-electron chi connectivity index (χ0n) is 30.8. The third kappa shape index (κ3) is 17.1. The van der Waals surface area contributed by atoms with Crippen LogP contribution in [0.25, 0.3) is 0 Å². The molecule has 4 nitrogen and oxygen atoms in total. The molecule has 2 rings (SSSR count). The number of ether oxygens (including phenoxy) is 2. The molecule has 0 spiro atoms. The van der Waals surface area contributed by atoms with Crippen LogP contribution in [-0.4, -0.2) is 57.2 Å². The average Bonchev–Trinajstić information content (AvgIpc) is 3.03. The number of methoxy groups -OCH3 is 1. The molecule has 2 aromatic carbocycles. The fourth-order valence-corrected chi connectivity index (χ4v) is 5.51. The maximum absolute atomic E-state index is 5.69. The first kappa shape index (κ1) is 41.5. The molecule has 0 saturated heterocycles. The standard InChI is InChI=1S/C25H36O2.C13H28N2.C2H6/c1-6-21(23-15-16-24(27-7-2)20(4)18-23)17-19(3)11-10-13-22-12-8-9-14-25(22)26-5;1-6-8-11-15(13(3)7-2)12-9-10-14(4)5;1-2/h8-9,12,14-16,18-19,21H,6-7,10-11,13,17H2,1-5H3;3,6-12H2,1-2,4-5H3;1-2H3. The Morgan fingerprint density at radius 1 is 0.886 bits per heavy atom. The first-order chi connectivity index (χ1) is 21.2. The van der Waals surface area contributed by atoms with E-state index in [1.165, 1.54) is 80.4 Å². The van der Waals surface area contributed by atoms with Gasteiger partial charge in [-0.1, -0.05) is 91.3 Å². The predicted octanol–water partition coefficient (Wildman–Crippen LogP) is 10.9. The number of unbranched alkanes of at least 4 members (excludes halogenated alkanes) is 1. The fourth-order valence-electron chi connectivity index (χ4n) is 5.51. The molecule has 0 aliphatic rings. The van der Waals surface area contributed by atoms with E-state index in [1.807, 2.05) is 26.8 Å². The highest BCUT2D eigenvalue weighted by Crippen LogP contribution is 2.32. The van der Waals surface area contributed by atoms with E-state index in [4.69, 9.17) is 9.47 Å². The van der Waals surface area contributed by atoms with Gasteiger partial charge in [0.05, 0.1) is 13.7 Å². The molecule has 0 heterocycles. The van der Waals surface area contributed by atoms with Crippen LogP contribution in [0.5, 0.6) is 11.5 Å². The zero-order chi connectivity index (χ0) is 33.3. The van der Waals surface area contributed by atoms with E-state index < -0.39 is 0 Å². The van der Waals surface area contributed by atoms with Crippen molar-refractivity contribution in [1.82, 2.24) is 9.80 Å². The Labute approximate surface area is 274 Å². The minimum absolute atomic E-state index is 0.626. The van der Waals surface area contributed by atoms with Gasteiger partial charge < -0.3 is 19.3 Å². The van der Waals surface area contributed by atoms with Gasteiger partial charge >= 0.3 is 0 Å². The van der Waals surface area contributed by atoms with Crippen molar-refractivity contribution in [3.63, 3.8) is 0 Å². The van der Waals surface area contributed by atoms with E-state index in [0.29, 0.717) is 5.92 Å². The minimum atomic E-state index is 0.626. The Bertz CT molecular complexity index is 987. The summed E-state index contributed by atoms with van der Waals surface area (Å²) in [5, 5.41) is 0. The van der Waals surface area contributed by atoms with Gasteiger partial charge in [-0.15, -0.1) is 0 Å². The number of rotatable bonds is 20. The van der Waals surface area contributed by atoms with Crippen LogP contribution in [-0.2, 0) is 6.42 Å².